The highest BCUT2D eigenvalue weighted by molar-refractivity contribution is 5.70. The lowest BCUT2D eigenvalue weighted by Gasteiger charge is -2.14. The van der Waals surface area contributed by atoms with E-state index in [4.69, 9.17) is 4.74 Å². The smallest absolute Gasteiger partial charge is 0.311 e. The molecule has 0 aliphatic rings. The van der Waals surface area contributed by atoms with Crippen molar-refractivity contribution in [3.8, 4) is 17.4 Å². The van der Waals surface area contributed by atoms with Gasteiger partial charge in [-0.2, -0.15) is 9.37 Å². The van der Waals surface area contributed by atoms with Crippen molar-refractivity contribution in [3.63, 3.8) is 0 Å². The molecule has 0 saturated carbocycles. The SMILES string of the molecule is CCn1cnc2c(=O)n(-c3ccc(F)cc3)c(Oc3cc(F)cc(F)c3F)nc21. The zero-order valence-corrected chi connectivity index (χ0v) is 14.9. The highest BCUT2D eigenvalue weighted by Gasteiger charge is 2.21. The van der Waals surface area contributed by atoms with E-state index in [-0.39, 0.29) is 16.9 Å². The summed E-state index contributed by atoms with van der Waals surface area (Å²) in [4.78, 5) is 21.2. The molecule has 2 heterocycles. The van der Waals surface area contributed by atoms with Gasteiger partial charge < -0.3 is 9.30 Å². The standard InChI is InChI=1S/C19H12F4N4O2/c1-2-26-9-24-16-17(26)25-19(29-14-8-11(21)7-13(22)15(14)23)27(18(16)28)12-5-3-10(20)4-6-12/h3-9H,2H2,1H3. The molecular weight excluding hydrogens is 392 g/mol. The van der Waals surface area contributed by atoms with Gasteiger partial charge in [0.2, 0.25) is 5.82 Å². The van der Waals surface area contributed by atoms with Crippen LogP contribution in [0.2, 0.25) is 0 Å². The maximum Gasteiger partial charge on any atom is 0.311 e. The van der Waals surface area contributed by atoms with E-state index in [1.807, 2.05) is 0 Å². The predicted octanol–water partition coefficient (Wildman–Crippen LogP) is 3.95. The van der Waals surface area contributed by atoms with Gasteiger partial charge in [-0.15, -0.1) is 0 Å². The molecule has 0 amide bonds. The number of aryl methyl sites for hydroxylation is 1. The minimum absolute atomic E-state index is 0.00517. The van der Waals surface area contributed by atoms with Gasteiger partial charge in [-0.05, 0) is 31.2 Å². The summed E-state index contributed by atoms with van der Waals surface area (Å²) in [5.74, 6) is -5.33. The molecule has 0 N–H and O–H groups in total. The Kier molecular flexibility index (Phi) is 4.53. The minimum atomic E-state index is -1.46. The predicted molar refractivity (Wildman–Crippen MR) is 95.1 cm³/mol. The van der Waals surface area contributed by atoms with Crippen molar-refractivity contribution < 1.29 is 22.3 Å². The second kappa shape index (κ2) is 7.04. The van der Waals surface area contributed by atoms with Gasteiger partial charge in [-0.1, -0.05) is 0 Å². The molecule has 6 nitrogen and oxygen atoms in total. The third-order valence-corrected chi connectivity index (χ3v) is 4.19. The number of hydrogen-bond donors (Lipinski definition) is 0. The van der Waals surface area contributed by atoms with E-state index in [9.17, 15) is 22.4 Å². The van der Waals surface area contributed by atoms with Crippen molar-refractivity contribution in [2.45, 2.75) is 13.5 Å². The van der Waals surface area contributed by atoms with Crippen LogP contribution in [0.15, 0.2) is 47.5 Å². The Morgan fingerprint density at radius 3 is 2.45 bits per heavy atom. The van der Waals surface area contributed by atoms with E-state index in [1.54, 1.807) is 11.5 Å². The van der Waals surface area contributed by atoms with Crippen molar-refractivity contribution in [1.29, 1.82) is 0 Å². The highest BCUT2D eigenvalue weighted by Crippen LogP contribution is 2.28. The van der Waals surface area contributed by atoms with Crippen LogP contribution >= 0.6 is 0 Å². The van der Waals surface area contributed by atoms with E-state index in [1.165, 1.54) is 18.5 Å². The first-order chi connectivity index (χ1) is 13.9. The number of fused-ring (bicyclic) bond motifs is 1. The van der Waals surface area contributed by atoms with Crippen LogP contribution < -0.4 is 10.3 Å². The molecule has 0 spiro atoms. The normalized spacial score (nSPS) is 11.2. The first kappa shape index (κ1) is 18.7. The molecule has 0 atom stereocenters. The number of halogens is 4. The van der Waals surface area contributed by atoms with E-state index in [0.717, 1.165) is 16.7 Å². The number of ether oxygens (including phenoxy) is 1. The molecule has 0 unspecified atom stereocenters. The second-order valence-electron chi connectivity index (χ2n) is 6.02. The third kappa shape index (κ3) is 3.22. The van der Waals surface area contributed by atoms with Gasteiger partial charge in [0, 0.05) is 18.7 Å². The Labute approximate surface area is 160 Å². The van der Waals surface area contributed by atoms with Gasteiger partial charge in [-0.25, -0.2) is 22.7 Å². The number of nitrogens with zero attached hydrogens (tertiary/aromatic N) is 4. The molecule has 0 bridgehead atoms. The Hall–Kier alpha value is -3.69. The molecule has 0 aliphatic heterocycles. The molecular formula is C19H12F4N4O2. The third-order valence-electron chi connectivity index (χ3n) is 4.19. The molecule has 10 heteroatoms. The van der Waals surface area contributed by atoms with Crippen LogP contribution in [-0.4, -0.2) is 19.1 Å². The van der Waals surface area contributed by atoms with E-state index in [0.29, 0.717) is 18.7 Å². The van der Waals surface area contributed by atoms with Crippen LogP contribution in [0.4, 0.5) is 17.6 Å². The zero-order chi connectivity index (χ0) is 20.7. The molecule has 29 heavy (non-hydrogen) atoms. The number of hydrogen-bond acceptors (Lipinski definition) is 4. The molecule has 0 fully saturated rings. The summed E-state index contributed by atoms with van der Waals surface area (Å²) in [6, 6.07) is 5.27. The Bertz CT molecular complexity index is 1280. The van der Waals surface area contributed by atoms with Crippen molar-refractivity contribution >= 4 is 11.2 Å². The zero-order valence-electron chi connectivity index (χ0n) is 14.9. The first-order valence-corrected chi connectivity index (χ1v) is 8.45. The van der Waals surface area contributed by atoms with E-state index >= 15 is 0 Å². The van der Waals surface area contributed by atoms with Crippen molar-refractivity contribution in [2.75, 3.05) is 0 Å². The van der Waals surface area contributed by atoms with Gasteiger partial charge in [0.05, 0.1) is 12.0 Å². The van der Waals surface area contributed by atoms with Gasteiger partial charge in [0.25, 0.3) is 5.56 Å². The van der Waals surface area contributed by atoms with Crippen molar-refractivity contribution in [3.05, 3.63) is 76.3 Å². The number of benzene rings is 2. The number of rotatable bonds is 4. The van der Waals surface area contributed by atoms with E-state index < -0.39 is 40.6 Å². The lowest BCUT2D eigenvalue weighted by atomic mass is 10.3. The van der Waals surface area contributed by atoms with Gasteiger partial charge in [-0.3, -0.25) is 4.79 Å². The average Bonchev–Trinajstić information content (AvgIpc) is 3.10. The fraction of sp³-hybridized carbons (Fsp3) is 0.105. The molecule has 2 aromatic carbocycles. The second-order valence-corrected chi connectivity index (χ2v) is 6.02. The summed E-state index contributed by atoms with van der Waals surface area (Å²) >= 11 is 0. The molecule has 0 aliphatic carbocycles. The summed E-state index contributed by atoms with van der Waals surface area (Å²) < 4.78 is 62.3. The van der Waals surface area contributed by atoms with Gasteiger partial charge in [0.1, 0.15) is 11.6 Å². The summed E-state index contributed by atoms with van der Waals surface area (Å²) in [5, 5.41) is 0. The van der Waals surface area contributed by atoms with Crippen LogP contribution in [0, 0.1) is 23.3 Å². The highest BCUT2D eigenvalue weighted by atomic mass is 19.2. The average molecular weight is 404 g/mol. The lowest BCUT2D eigenvalue weighted by Crippen LogP contribution is -2.22. The Balaban J connectivity index is 1.99. The van der Waals surface area contributed by atoms with Crippen molar-refractivity contribution in [2.24, 2.45) is 0 Å². The first-order valence-electron chi connectivity index (χ1n) is 8.45. The molecule has 148 valence electrons. The van der Waals surface area contributed by atoms with Crippen LogP contribution in [0.5, 0.6) is 11.8 Å². The van der Waals surface area contributed by atoms with Crippen LogP contribution in [-0.2, 0) is 6.54 Å². The van der Waals surface area contributed by atoms with Crippen LogP contribution in [0.1, 0.15) is 6.92 Å². The largest absolute Gasteiger partial charge is 0.422 e. The number of imidazole rings is 1. The Morgan fingerprint density at radius 2 is 1.76 bits per heavy atom. The topological polar surface area (TPSA) is 61.9 Å². The maximum absolute atomic E-state index is 14.1. The summed E-state index contributed by atoms with van der Waals surface area (Å²) in [6.07, 6.45) is 1.39. The maximum atomic E-state index is 14.1. The summed E-state index contributed by atoms with van der Waals surface area (Å²) in [6.45, 7) is 2.21. The van der Waals surface area contributed by atoms with Crippen LogP contribution in [0.25, 0.3) is 16.9 Å². The fourth-order valence-electron chi connectivity index (χ4n) is 2.80. The fourth-order valence-corrected chi connectivity index (χ4v) is 2.80. The lowest BCUT2D eigenvalue weighted by molar-refractivity contribution is 0.378. The molecule has 4 rings (SSSR count). The van der Waals surface area contributed by atoms with Gasteiger partial charge in [0.15, 0.2) is 22.7 Å². The molecule has 2 aromatic heterocycles. The minimum Gasteiger partial charge on any atom is -0.422 e. The monoisotopic (exact) mass is 404 g/mol. The number of aromatic nitrogens is 4. The van der Waals surface area contributed by atoms with E-state index in [2.05, 4.69) is 9.97 Å². The molecule has 0 radical (unpaired) electrons. The summed E-state index contributed by atoms with van der Waals surface area (Å²) in [5.41, 5.74) is -0.400. The quantitative estimate of drug-likeness (QED) is 0.382. The molecule has 4 aromatic rings. The van der Waals surface area contributed by atoms with Crippen molar-refractivity contribution in [1.82, 2.24) is 19.1 Å². The molecule has 0 saturated heterocycles. The Morgan fingerprint density at radius 1 is 1.03 bits per heavy atom. The van der Waals surface area contributed by atoms with Gasteiger partial charge >= 0.3 is 6.01 Å². The summed E-state index contributed by atoms with van der Waals surface area (Å²) in [7, 11) is 0. The van der Waals surface area contributed by atoms with Crippen LogP contribution in [0.3, 0.4) is 0 Å².